The number of aromatic nitrogens is 1. The van der Waals surface area contributed by atoms with Crippen LogP contribution >= 0.6 is 0 Å². The average Bonchev–Trinajstić information content (AvgIpc) is 2.38. The lowest BCUT2D eigenvalue weighted by Crippen LogP contribution is -2.04. The zero-order chi connectivity index (χ0) is 14.0. The standard InChI is InChI=1S/C14H14N2O3/c1-8-3-6-12(19-2)10(7-8)9-4-5-11(14(17)18)16-13(9)15/h3-7H,1-2H3,(H2,15,16)(H,17,18). The van der Waals surface area contributed by atoms with Crippen molar-refractivity contribution in [3.8, 4) is 16.9 Å². The molecule has 0 unspecified atom stereocenters. The molecule has 1 aromatic carbocycles. The van der Waals surface area contributed by atoms with Crippen LogP contribution in [0, 0.1) is 6.92 Å². The molecule has 5 heteroatoms. The molecule has 2 aromatic rings. The number of aromatic carboxylic acids is 1. The lowest BCUT2D eigenvalue weighted by atomic mass is 10.0. The maximum Gasteiger partial charge on any atom is 0.354 e. The number of ether oxygens (including phenoxy) is 1. The predicted octanol–water partition coefficient (Wildman–Crippen LogP) is 2.35. The number of hydrogen-bond donors (Lipinski definition) is 2. The van der Waals surface area contributed by atoms with Gasteiger partial charge in [0.15, 0.2) is 5.69 Å². The van der Waals surface area contributed by atoms with E-state index in [9.17, 15) is 4.79 Å². The molecular weight excluding hydrogens is 244 g/mol. The van der Waals surface area contributed by atoms with E-state index in [2.05, 4.69) is 4.98 Å². The first-order chi connectivity index (χ1) is 9.02. The third-order valence-electron chi connectivity index (χ3n) is 2.79. The molecule has 0 spiro atoms. The number of benzene rings is 1. The first-order valence-electron chi connectivity index (χ1n) is 5.67. The van der Waals surface area contributed by atoms with E-state index >= 15 is 0 Å². The molecular formula is C14H14N2O3. The van der Waals surface area contributed by atoms with Crippen molar-refractivity contribution in [2.45, 2.75) is 6.92 Å². The summed E-state index contributed by atoms with van der Waals surface area (Å²) in [5.74, 6) is -0.263. The number of carbonyl (C=O) groups is 1. The Morgan fingerprint density at radius 1 is 1.26 bits per heavy atom. The number of nitrogen functional groups attached to an aromatic ring is 1. The Kier molecular flexibility index (Phi) is 3.37. The third kappa shape index (κ3) is 2.49. The fourth-order valence-electron chi connectivity index (χ4n) is 1.85. The SMILES string of the molecule is COc1ccc(C)cc1-c1ccc(C(=O)O)nc1N. The highest BCUT2D eigenvalue weighted by Crippen LogP contribution is 2.33. The van der Waals surface area contributed by atoms with Gasteiger partial charge in [-0.25, -0.2) is 9.78 Å². The van der Waals surface area contributed by atoms with E-state index in [0.29, 0.717) is 11.3 Å². The van der Waals surface area contributed by atoms with Gasteiger partial charge in [-0.05, 0) is 31.2 Å². The topological polar surface area (TPSA) is 85.4 Å². The number of hydrogen-bond acceptors (Lipinski definition) is 4. The summed E-state index contributed by atoms with van der Waals surface area (Å²) in [5, 5.41) is 8.87. The summed E-state index contributed by atoms with van der Waals surface area (Å²) >= 11 is 0. The fraction of sp³-hybridized carbons (Fsp3) is 0.143. The summed E-state index contributed by atoms with van der Waals surface area (Å²) < 4.78 is 5.29. The second kappa shape index (κ2) is 4.97. The number of nitrogens with two attached hydrogens (primary N) is 1. The molecule has 0 saturated heterocycles. The number of pyridine rings is 1. The zero-order valence-corrected chi connectivity index (χ0v) is 10.7. The third-order valence-corrected chi connectivity index (χ3v) is 2.79. The minimum atomic E-state index is -1.10. The molecule has 3 N–H and O–H groups in total. The summed E-state index contributed by atoms with van der Waals surface area (Å²) in [6.07, 6.45) is 0. The second-order valence-corrected chi connectivity index (χ2v) is 4.14. The smallest absolute Gasteiger partial charge is 0.354 e. The highest BCUT2D eigenvalue weighted by Gasteiger charge is 2.13. The quantitative estimate of drug-likeness (QED) is 0.882. The summed E-state index contributed by atoms with van der Waals surface area (Å²) in [6, 6.07) is 8.76. The van der Waals surface area contributed by atoms with Gasteiger partial charge in [0, 0.05) is 11.1 Å². The molecule has 0 aliphatic carbocycles. The molecule has 0 amide bonds. The van der Waals surface area contributed by atoms with Crippen LogP contribution in [0.2, 0.25) is 0 Å². The van der Waals surface area contributed by atoms with Crippen LogP contribution in [0.15, 0.2) is 30.3 Å². The largest absolute Gasteiger partial charge is 0.496 e. The Hall–Kier alpha value is -2.56. The van der Waals surface area contributed by atoms with Gasteiger partial charge in [0.05, 0.1) is 7.11 Å². The number of carboxylic acids is 1. The lowest BCUT2D eigenvalue weighted by Gasteiger charge is -2.11. The molecule has 98 valence electrons. The van der Waals surface area contributed by atoms with Crippen LogP contribution in [0.1, 0.15) is 16.1 Å². The van der Waals surface area contributed by atoms with E-state index in [1.807, 2.05) is 25.1 Å². The molecule has 1 aromatic heterocycles. The van der Waals surface area contributed by atoms with Crippen molar-refractivity contribution >= 4 is 11.8 Å². The summed E-state index contributed by atoms with van der Waals surface area (Å²) in [4.78, 5) is 14.7. The van der Waals surface area contributed by atoms with E-state index in [4.69, 9.17) is 15.6 Å². The Bertz CT molecular complexity index is 639. The van der Waals surface area contributed by atoms with E-state index in [-0.39, 0.29) is 11.5 Å². The maximum absolute atomic E-state index is 10.8. The van der Waals surface area contributed by atoms with Crippen LogP contribution in [-0.4, -0.2) is 23.2 Å². The minimum Gasteiger partial charge on any atom is -0.496 e. The lowest BCUT2D eigenvalue weighted by molar-refractivity contribution is 0.0690. The molecule has 1 heterocycles. The van der Waals surface area contributed by atoms with Crippen molar-refractivity contribution in [2.24, 2.45) is 0 Å². The Morgan fingerprint density at radius 3 is 2.58 bits per heavy atom. The van der Waals surface area contributed by atoms with Crippen LogP contribution in [-0.2, 0) is 0 Å². The first kappa shape index (κ1) is 12.9. The minimum absolute atomic E-state index is 0.0760. The van der Waals surface area contributed by atoms with Crippen LogP contribution in [0.3, 0.4) is 0 Å². The Morgan fingerprint density at radius 2 is 2.00 bits per heavy atom. The molecule has 0 fully saturated rings. The number of carboxylic acid groups (broad SMARTS) is 1. The zero-order valence-electron chi connectivity index (χ0n) is 10.7. The van der Waals surface area contributed by atoms with E-state index in [0.717, 1.165) is 11.1 Å². The number of aryl methyl sites for hydroxylation is 1. The molecule has 0 saturated carbocycles. The molecule has 0 bridgehead atoms. The molecule has 0 radical (unpaired) electrons. The number of rotatable bonds is 3. The molecule has 0 aliphatic heterocycles. The van der Waals surface area contributed by atoms with E-state index in [1.165, 1.54) is 6.07 Å². The van der Waals surface area contributed by atoms with E-state index in [1.54, 1.807) is 13.2 Å². The second-order valence-electron chi connectivity index (χ2n) is 4.14. The normalized spacial score (nSPS) is 10.2. The highest BCUT2D eigenvalue weighted by atomic mass is 16.5. The van der Waals surface area contributed by atoms with Crippen molar-refractivity contribution < 1.29 is 14.6 Å². The van der Waals surface area contributed by atoms with Gasteiger partial charge in [0.25, 0.3) is 0 Å². The summed E-state index contributed by atoms with van der Waals surface area (Å²) in [7, 11) is 1.57. The highest BCUT2D eigenvalue weighted by molar-refractivity contribution is 5.88. The van der Waals surface area contributed by atoms with Gasteiger partial charge in [0.1, 0.15) is 11.6 Å². The van der Waals surface area contributed by atoms with Crippen molar-refractivity contribution in [1.82, 2.24) is 4.98 Å². The van der Waals surface area contributed by atoms with Gasteiger partial charge in [-0.3, -0.25) is 0 Å². The van der Waals surface area contributed by atoms with Crippen LogP contribution in [0.4, 0.5) is 5.82 Å². The van der Waals surface area contributed by atoms with Gasteiger partial charge in [-0.15, -0.1) is 0 Å². The fourth-order valence-corrected chi connectivity index (χ4v) is 1.85. The molecule has 19 heavy (non-hydrogen) atoms. The van der Waals surface area contributed by atoms with Gasteiger partial charge in [-0.2, -0.15) is 0 Å². The average molecular weight is 258 g/mol. The number of methoxy groups -OCH3 is 1. The van der Waals surface area contributed by atoms with Crippen LogP contribution < -0.4 is 10.5 Å². The van der Waals surface area contributed by atoms with Crippen molar-refractivity contribution in [1.29, 1.82) is 0 Å². The van der Waals surface area contributed by atoms with Crippen molar-refractivity contribution in [2.75, 3.05) is 12.8 Å². The molecule has 2 rings (SSSR count). The summed E-state index contributed by atoms with van der Waals surface area (Å²) in [6.45, 7) is 1.96. The van der Waals surface area contributed by atoms with Crippen molar-refractivity contribution in [3.63, 3.8) is 0 Å². The van der Waals surface area contributed by atoms with Crippen LogP contribution in [0.25, 0.3) is 11.1 Å². The van der Waals surface area contributed by atoms with Gasteiger partial charge < -0.3 is 15.6 Å². The van der Waals surface area contributed by atoms with Gasteiger partial charge >= 0.3 is 5.97 Å². The Labute approximate surface area is 110 Å². The van der Waals surface area contributed by atoms with Gasteiger partial charge in [-0.1, -0.05) is 11.6 Å². The maximum atomic E-state index is 10.8. The number of nitrogens with zero attached hydrogens (tertiary/aromatic N) is 1. The van der Waals surface area contributed by atoms with Crippen LogP contribution in [0.5, 0.6) is 5.75 Å². The monoisotopic (exact) mass is 258 g/mol. The first-order valence-corrected chi connectivity index (χ1v) is 5.67. The molecule has 0 atom stereocenters. The van der Waals surface area contributed by atoms with Gasteiger partial charge in [0.2, 0.25) is 0 Å². The Balaban J connectivity index is 2.59. The van der Waals surface area contributed by atoms with Crippen molar-refractivity contribution in [3.05, 3.63) is 41.6 Å². The van der Waals surface area contributed by atoms with E-state index < -0.39 is 5.97 Å². The molecule has 0 aliphatic rings. The number of anilines is 1. The summed E-state index contributed by atoms with van der Waals surface area (Å²) in [5.41, 5.74) is 8.27. The molecule has 5 nitrogen and oxygen atoms in total. The predicted molar refractivity (Wildman–Crippen MR) is 72.3 cm³/mol.